The number of para-hydroxylation sites is 2. The predicted molar refractivity (Wildman–Crippen MR) is 106 cm³/mol. The number of benzene rings is 2. The van der Waals surface area contributed by atoms with Crippen LogP contribution in [0.3, 0.4) is 0 Å². The topological polar surface area (TPSA) is 65.4 Å². The fourth-order valence-electron chi connectivity index (χ4n) is 2.99. The number of nitrogens with one attached hydrogen (secondary N) is 1. The molecular weight excluding hydrogens is 380 g/mol. The highest BCUT2D eigenvalue weighted by Gasteiger charge is 2.11. The number of fused-ring (bicyclic) bond motifs is 1. The van der Waals surface area contributed by atoms with Gasteiger partial charge in [0.05, 0.1) is 24.7 Å². The second kappa shape index (κ2) is 9.18. The number of halogens is 2. The molecule has 0 aliphatic rings. The van der Waals surface area contributed by atoms with Crippen LogP contribution in [0.1, 0.15) is 18.3 Å². The lowest BCUT2D eigenvalue weighted by Gasteiger charge is -2.10. The Hall–Kier alpha value is -3.42. The number of aromatic nitrogens is 2. The van der Waals surface area contributed by atoms with Gasteiger partial charge in [0.25, 0.3) is 0 Å². The fraction of sp³-hybridized carbons (Fsp3) is 0.238. The smallest absolute Gasteiger partial charge is 0.387 e. The van der Waals surface area contributed by atoms with Crippen LogP contribution in [0, 0.1) is 0 Å². The van der Waals surface area contributed by atoms with E-state index in [1.807, 2.05) is 35.8 Å². The van der Waals surface area contributed by atoms with E-state index in [-0.39, 0.29) is 24.0 Å². The zero-order valence-electron chi connectivity index (χ0n) is 16.1. The van der Waals surface area contributed by atoms with Gasteiger partial charge >= 0.3 is 6.61 Å². The van der Waals surface area contributed by atoms with Crippen LogP contribution in [-0.2, 0) is 17.9 Å². The third-order valence-corrected chi connectivity index (χ3v) is 4.30. The Balaban J connectivity index is 1.66. The molecule has 0 saturated heterocycles. The average molecular weight is 401 g/mol. The lowest BCUT2D eigenvalue weighted by atomic mass is 10.2. The van der Waals surface area contributed by atoms with E-state index in [0.29, 0.717) is 5.56 Å². The molecule has 0 aliphatic heterocycles. The molecule has 3 aromatic rings. The summed E-state index contributed by atoms with van der Waals surface area (Å²) < 4.78 is 36.3. The van der Waals surface area contributed by atoms with E-state index in [1.165, 1.54) is 25.3 Å². The highest BCUT2D eigenvalue weighted by molar-refractivity contribution is 5.91. The Morgan fingerprint density at radius 2 is 2.03 bits per heavy atom. The molecule has 2 aromatic carbocycles. The number of nitrogens with zero attached hydrogens (tertiary/aromatic N) is 2. The van der Waals surface area contributed by atoms with Crippen LogP contribution in [0.5, 0.6) is 11.5 Å². The van der Waals surface area contributed by atoms with Crippen molar-refractivity contribution in [3.63, 3.8) is 0 Å². The molecule has 0 radical (unpaired) electrons. The molecule has 1 heterocycles. The Labute approximate surface area is 166 Å². The van der Waals surface area contributed by atoms with Gasteiger partial charge in [0.1, 0.15) is 5.82 Å². The standard InChI is InChI=1S/C21H21F2N3O3/c1-3-26-16-7-5-4-6-15(16)25-19(26)13-24-20(27)11-9-14-8-10-17(29-21(22)23)18(12-14)28-2/h4-12,21H,3,13H2,1-2H3,(H,24,27)/b11-9+. The number of carbonyl (C=O) groups is 1. The highest BCUT2D eigenvalue weighted by atomic mass is 19.3. The van der Waals surface area contributed by atoms with Crippen molar-refractivity contribution < 1.29 is 23.0 Å². The SMILES string of the molecule is CCn1c(CNC(=O)/C=C/c2ccc(OC(F)F)c(OC)c2)nc2ccccc21. The number of ether oxygens (including phenoxy) is 2. The Bertz CT molecular complexity index is 1030. The molecule has 1 aromatic heterocycles. The van der Waals surface area contributed by atoms with Crippen LogP contribution in [0.2, 0.25) is 0 Å². The minimum Gasteiger partial charge on any atom is -0.493 e. The normalized spacial score (nSPS) is 11.3. The molecule has 3 rings (SSSR count). The first-order valence-corrected chi connectivity index (χ1v) is 9.04. The van der Waals surface area contributed by atoms with Gasteiger partial charge in [-0.15, -0.1) is 0 Å². The van der Waals surface area contributed by atoms with Gasteiger partial charge in [0, 0.05) is 12.6 Å². The molecule has 152 valence electrons. The zero-order chi connectivity index (χ0) is 20.8. The summed E-state index contributed by atoms with van der Waals surface area (Å²) in [7, 11) is 1.35. The molecule has 0 atom stereocenters. The fourth-order valence-corrected chi connectivity index (χ4v) is 2.99. The van der Waals surface area contributed by atoms with Gasteiger partial charge in [-0.2, -0.15) is 8.78 Å². The molecule has 6 nitrogen and oxygen atoms in total. The summed E-state index contributed by atoms with van der Waals surface area (Å²) in [5, 5.41) is 2.81. The van der Waals surface area contributed by atoms with Gasteiger partial charge in [-0.1, -0.05) is 18.2 Å². The van der Waals surface area contributed by atoms with Crippen molar-refractivity contribution in [3.05, 3.63) is 59.9 Å². The van der Waals surface area contributed by atoms with E-state index in [2.05, 4.69) is 15.0 Å². The lowest BCUT2D eigenvalue weighted by molar-refractivity contribution is -0.116. The number of imidazole rings is 1. The maximum atomic E-state index is 12.4. The third kappa shape index (κ3) is 4.90. The van der Waals surface area contributed by atoms with Gasteiger partial charge in [0.15, 0.2) is 11.5 Å². The Morgan fingerprint density at radius 1 is 1.24 bits per heavy atom. The van der Waals surface area contributed by atoms with Crippen molar-refractivity contribution in [2.75, 3.05) is 7.11 Å². The number of methoxy groups -OCH3 is 1. The van der Waals surface area contributed by atoms with Gasteiger partial charge < -0.3 is 19.4 Å². The van der Waals surface area contributed by atoms with E-state index >= 15 is 0 Å². The van der Waals surface area contributed by atoms with Crippen molar-refractivity contribution in [2.24, 2.45) is 0 Å². The number of amides is 1. The zero-order valence-corrected chi connectivity index (χ0v) is 16.1. The molecule has 0 bridgehead atoms. The molecular formula is C21H21F2N3O3. The molecule has 0 unspecified atom stereocenters. The molecule has 0 saturated carbocycles. The van der Waals surface area contributed by atoms with Crippen LogP contribution < -0.4 is 14.8 Å². The number of rotatable bonds is 8. The molecule has 29 heavy (non-hydrogen) atoms. The van der Waals surface area contributed by atoms with E-state index in [4.69, 9.17) is 4.74 Å². The summed E-state index contributed by atoms with van der Waals surface area (Å²) in [6.45, 7) is 0.113. The van der Waals surface area contributed by atoms with Crippen molar-refractivity contribution in [2.45, 2.75) is 26.6 Å². The van der Waals surface area contributed by atoms with Gasteiger partial charge in [0.2, 0.25) is 5.91 Å². The second-order valence-corrected chi connectivity index (χ2v) is 6.10. The summed E-state index contributed by atoms with van der Waals surface area (Å²) in [6, 6.07) is 12.2. The number of hydrogen-bond acceptors (Lipinski definition) is 4. The molecule has 8 heteroatoms. The van der Waals surface area contributed by atoms with Gasteiger partial charge in [-0.25, -0.2) is 4.98 Å². The summed E-state index contributed by atoms with van der Waals surface area (Å²) in [5.74, 6) is 0.560. The Morgan fingerprint density at radius 3 is 2.76 bits per heavy atom. The maximum absolute atomic E-state index is 12.4. The van der Waals surface area contributed by atoms with Gasteiger partial charge in [-0.3, -0.25) is 4.79 Å². The average Bonchev–Trinajstić information content (AvgIpc) is 3.08. The van der Waals surface area contributed by atoms with Crippen LogP contribution in [0.25, 0.3) is 17.1 Å². The van der Waals surface area contributed by atoms with Crippen LogP contribution in [0.4, 0.5) is 8.78 Å². The summed E-state index contributed by atoms with van der Waals surface area (Å²) in [5.41, 5.74) is 2.51. The van der Waals surface area contributed by atoms with E-state index in [0.717, 1.165) is 23.4 Å². The molecule has 0 aliphatic carbocycles. The third-order valence-electron chi connectivity index (χ3n) is 4.30. The number of carbonyl (C=O) groups excluding carboxylic acids is 1. The number of hydrogen-bond donors (Lipinski definition) is 1. The van der Waals surface area contributed by atoms with E-state index in [9.17, 15) is 13.6 Å². The van der Waals surface area contributed by atoms with Crippen molar-refractivity contribution in [1.29, 1.82) is 0 Å². The minimum atomic E-state index is -2.94. The predicted octanol–water partition coefficient (Wildman–Crippen LogP) is 4.00. The highest BCUT2D eigenvalue weighted by Crippen LogP contribution is 2.29. The maximum Gasteiger partial charge on any atom is 0.387 e. The van der Waals surface area contributed by atoms with Crippen molar-refractivity contribution >= 4 is 23.0 Å². The monoisotopic (exact) mass is 401 g/mol. The minimum absolute atomic E-state index is 0.0671. The first kappa shape index (κ1) is 20.3. The summed E-state index contributed by atoms with van der Waals surface area (Å²) in [6.07, 6.45) is 2.92. The molecule has 1 amide bonds. The summed E-state index contributed by atoms with van der Waals surface area (Å²) in [4.78, 5) is 16.7. The summed E-state index contributed by atoms with van der Waals surface area (Å²) >= 11 is 0. The number of aryl methyl sites for hydroxylation is 1. The van der Waals surface area contributed by atoms with Gasteiger partial charge in [-0.05, 0) is 42.8 Å². The quantitative estimate of drug-likeness (QED) is 0.580. The molecule has 0 fully saturated rings. The molecule has 0 spiro atoms. The first-order valence-electron chi connectivity index (χ1n) is 9.04. The molecule has 1 N–H and O–H groups in total. The largest absolute Gasteiger partial charge is 0.493 e. The Kier molecular flexibility index (Phi) is 6.43. The lowest BCUT2D eigenvalue weighted by Crippen LogP contribution is -2.22. The van der Waals surface area contributed by atoms with E-state index in [1.54, 1.807) is 12.1 Å². The first-order chi connectivity index (χ1) is 14.0. The second-order valence-electron chi connectivity index (χ2n) is 6.10. The van der Waals surface area contributed by atoms with Crippen LogP contribution >= 0.6 is 0 Å². The van der Waals surface area contributed by atoms with E-state index < -0.39 is 6.61 Å². The van der Waals surface area contributed by atoms with Crippen LogP contribution in [-0.4, -0.2) is 29.2 Å². The van der Waals surface area contributed by atoms with Crippen LogP contribution in [0.15, 0.2) is 48.5 Å². The number of alkyl halides is 2. The van der Waals surface area contributed by atoms with Crippen molar-refractivity contribution in [1.82, 2.24) is 14.9 Å². The van der Waals surface area contributed by atoms with Crippen molar-refractivity contribution in [3.8, 4) is 11.5 Å².